The average Bonchev–Trinajstić information content (AvgIpc) is 2.70. The molecule has 0 saturated heterocycles. The Hall–Kier alpha value is -0.650. The van der Waals surface area contributed by atoms with Crippen molar-refractivity contribution in [1.29, 1.82) is 0 Å². The predicted molar refractivity (Wildman–Crippen MR) is 71.6 cm³/mol. The predicted octanol–water partition coefficient (Wildman–Crippen LogP) is 1.90. The van der Waals surface area contributed by atoms with E-state index in [1.165, 1.54) is 30.6 Å². The van der Waals surface area contributed by atoms with E-state index in [0.29, 0.717) is 18.2 Å². The van der Waals surface area contributed by atoms with Crippen LogP contribution in [0.15, 0.2) is 5.38 Å². The first-order chi connectivity index (χ1) is 7.70. The van der Waals surface area contributed by atoms with E-state index in [-0.39, 0.29) is 18.3 Å². The van der Waals surface area contributed by atoms with Crippen LogP contribution in [0.3, 0.4) is 0 Å². The van der Waals surface area contributed by atoms with Crippen LogP contribution in [0, 0.1) is 5.92 Å². The molecule has 96 valence electrons. The monoisotopic (exact) mass is 275 g/mol. The molecule has 0 spiro atoms. The Balaban J connectivity index is 0.00000144. The van der Waals surface area contributed by atoms with Gasteiger partial charge in [-0.3, -0.25) is 4.79 Å². The summed E-state index contributed by atoms with van der Waals surface area (Å²) in [5.41, 5.74) is 6.01. The second kappa shape index (κ2) is 6.33. The molecule has 0 bridgehead atoms. The van der Waals surface area contributed by atoms with E-state index in [1.54, 1.807) is 10.3 Å². The molecule has 1 aliphatic carbocycles. The molecule has 0 aliphatic heterocycles. The van der Waals surface area contributed by atoms with Gasteiger partial charge in [-0.2, -0.15) is 0 Å². The molecule has 1 aliphatic rings. The van der Waals surface area contributed by atoms with E-state index in [4.69, 9.17) is 5.73 Å². The Kier molecular flexibility index (Phi) is 5.36. The van der Waals surface area contributed by atoms with Gasteiger partial charge in [-0.15, -0.1) is 23.7 Å². The van der Waals surface area contributed by atoms with Crippen molar-refractivity contribution >= 4 is 29.7 Å². The van der Waals surface area contributed by atoms with E-state index >= 15 is 0 Å². The number of carbonyl (C=O) groups is 1. The van der Waals surface area contributed by atoms with Crippen LogP contribution in [0.25, 0.3) is 0 Å². The molecule has 0 aromatic carbocycles. The van der Waals surface area contributed by atoms with Gasteiger partial charge in [0.15, 0.2) is 0 Å². The molecule has 0 radical (unpaired) electrons. The lowest BCUT2D eigenvalue weighted by Gasteiger charge is -2.29. The second-order valence-electron chi connectivity index (χ2n) is 4.31. The molecule has 0 unspecified atom stereocenters. The van der Waals surface area contributed by atoms with Gasteiger partial charge in [0.1, 0.15) is 10.7 Å². The first-order valence-electron chi connectivity index (χ1n) is 5.60. The Morgan fingerprint density at radius 2 is 2.35 bits per heavy atom. The standard InChI is InChI=1S/C11H17N3OS.ClH/c1-14(6-8-3-2-4-8)11(15)9-7-16-10(5-12)13-9;/h7-8H,2-6,12H2,1H3;1H. The largest absolute Gasteiger partial charge is 0.340 e. The molecule has 1 saturated carbocycles. The topological polar surface area (TPSA) is 59.2 Å². The third kappa shape index (κ3) is 3.40. The van der Waals surface area contributed by atoms with Crippen molar-refractivity contribution in [3.8, 4) is 0 Å². The molecule has 1 heterocycles. The minimum absolute atomic E-state index is 0. The summed E-state index contributed by atoms with van der Waals surface area (Å²) < 4.78 is 0. The minimum Gasteiger partial charge on any atom is -0.340 e. The van der Waals surface area contributed by atoms with Crippen LogP contribution in [0.2, 0.25) is 0 Å². The molecule has 17 heavy (non-hydrogen) atoms. The Morgan fingerprint density at radius 3 is 2.82 bits per heavy atom. The molecule has 2 rings (SSSR count). The smallest absolute Gasteiger partial charge is 0.273 e. The van der Waals surface area contributed by atoms with Crippen molar-refractivity contribution in [1.82, 2.24) is 9.88 Å². The van der Waals surface area contributed by atoms with Gasteiger partial charge in [0.05, 0.1) is 0 Å². The summed E-state index contributed by atoms with van der Waals surface area (Å²) in [5, 5.41) is 2.61. The lowest BCUT2D eigenvalue weighted by atomic mass is 9.85. The van der Waals surface area contributed by atoms with Crippen molar-refractivity contribution in [2.24, 2.45) is 11.7 Å². The minimum atomic E-state index is 0. The SMILES string of the molecule is CN(CC1CCC1)C(=O)c1csc(CN)n1.Cl. The number of thiazole rings is 1. The summed E-state index contributed by atoms with van der Waals surface area (Å²) in [6, 6.07) is 0. The fourth-order valence-electron chi connectivity index (χ4n) is 1.84. The molecule has 1 aromatic rings. The lowest BCUT2D eigenvalue weighted by molar-refractivity contribution is 0.0740. The Morgan fingerprint density at radius 1 is 1.65 bits per heavy atom. The summed E-state index contributed by atoms with van der Waals surface area (Å²) in [5.74, 6) is 0.712. The van der Waals surface area contributed by atoms with Crippen molar-refractivity contribution in [3.63, 3.8) is 0 Å². The number of nitrogens with two attached hydrogens (primary N) is 1. The molecule has 0 atom stereocenters. The molecule has 1 amide bonds. The highest BCUT2D eigenvalue weighted by atomic mass is 35.5. The third-order valence-corrected chi connectivity index (χ3v) is 3.92. The number of amides is 1. The summed E-state index contributed by atoms with van der Waals surface area (Å²) in [4.78, 5) is 18.0. The van der Waals surface area contributed by atoms with E-state index < -0.39 is 0 Å². The maximum absolute atomic E-state index is 12.0. The van der Waals surface area contributed by atoms with E-state index in [9.17, 15) is 4.79 Å². The maximum Gasteiger partial charge on any atom is 0.273 e. The van der Waals surface area contributed by atoms with Crippen molar-refractivity contribution in [2.45, 2.75) is 25.8 Å². The zero-order valence-electron chi connectivity index (χ0n) is 9.89. The van der Waals surface area contributed by atoms with Crippen LogP contribution in [0.1, 0.15) is 34.8 Å². The summed E-state index contributed by atoms with van der Waals surface area (Å²) >= 11 is 1.45. The number of carbonyl (C=O) groups excluding carboxylic acids is 1. The van der Waals surface area contributed by atoms with Crippen LogP contribution in [-0.4, -0.2) is 29.4 Å². The van der Waals surface area contributed by atoms with Gasteiger partial charge in [0.25, 0.3) is 5.91 Å². The van der Waals surface area contributed by atoms with Gasteiger partial charge in [-0.25, -0.2) is 4.98 Å². The number of halogens is 1. The van der Waals surface area contributed by atoms with Crippen molar-refractivity contribution < 1.29 is 4.79 Å². The zero-order valence-corrected chi connectivity index (χ0v) is 11.5. The zero-order chi connectivity index (χ0) is 11.5. The van der Waals surface area contributed by atoms with Gasteiger partial charge in [0.2, 0.25) is 0 Å². The molecule has 4 nitrogen and oxygen atoms in total. The fourth-order valence-corrected chi connectivity index (χ4v) is 2.49. The summed E-state index contributed by atoms with van der Waals surface area (Å²) in [6.45, 7) is 1.26. The van der Waals surface area contributed by atoms with E-state index in [2.05, 4.69) is 4.98 Å². The van der Waals surface area contributed by atoms with Crippen LogP contribution in [0.5, 0.6) is 0 Å². The quantitative estimate of drug-likeness (QED) is 0.913. The molecule has 2 N–H and O–H groups in total. The van der Waals surface area contributed by atoms with Gasteiger partial charge >= 0.3 is 0 Å². The number of aromatic nitrogens is 1. The molecule has 1 fully saturated rings. The highest BCUT2D eigenvalue weighted by Crippen LogP contribution is 2.27. The van der Waals surface area contributed by atoms with Crippen LogP contribution < -0.4 is 5.73 Å². The van der Waals surface area contributed by atoms with Gasteiger partial charge in [-0.1, -0.05) is 6.42 Å². The fraction of sp³-hybridized carbons (Fsp3) is 0.636. The van der Waals surface area contributed by atoms with Gasteiger partial charge in [-0.05, 0) is 18.8 Å². The first-order valence-corrected chi connectivity index (χ1v) is 6.48. The summed E-state index contributed by atoms with van der Waals surface area (Å²) in [7, 11) is 1.85. The van der Waals surface area contributed by atoms with Crippen molar-refractivity contribution in [2.75, 3.05) is 13.6 Å². The van der Waals surface area contributed by atoms with Crippen LogP contribution >= 0.6 is 23.7 Å². The number of nitrogens with zero attached hydrogens (tertiary/aromatic N) is 2. The number of hydrogen-bond acceptors (Lipinski definition) is 4. The highest BCUT2D eigenvalue weighted by Gasteiger charge is 2.23. The average molecular weight is 276 g/mol. The van der Waals surface area contributed by atoms with Gasteiger partial charge in [0, 0.05) is 25.5 Å². The molecule has 6 heteroatoms. The molecular formula is C11H18ClN3OS. The third-order valence-electron chi connectivity index (χ3n) is 3.05. The Bertz CT molecular complexity index is 379. The normalized spacial score (nSPS) is 14.9. The van der Waals surface area contributed by atoms with Crippen LogP contribution in [-0.2, 0) is 6.54 Å². The first kappa shape index (κ1) is 14.4. The van der Waals surface area contributed by atoms with Crippen LogP contribution in [0.4, 0.5) is 0 Å². The number of rotatable bonds is 4. The molecule has 1 aromatic heterocycles. The maximum atomic E-state index is 12.0. The van der Waals surface area contributed by atoms with E-state index in [1.807, 2.05) is 7.05 Å². The van der Waals surface area contributed by atoms with Crippen molar-refractivity contribution in [3.05, 3.63) is 16.1 Å². The summed E-state index contributed by atoms with van der Waals surface area (Å²) in [6.07, 6.45) is 3.81. The molecular weight excluding hydrogens is 258 g/mol. The highest BCUT2D eigenvalue weighted by molar-refractivity contribution is 7.09. The lowest BCUT2D eigenvalue weighted by Crippen LogP contribution is -2.34. The Labute approximate surface area is 112 Å². The van der Waals surface area contributed by atoms with Gasteiger partial charge < -0.3 is 10.6 Å². The number of hydrogen-bond donors (Lipinski definition) is 1. The second-order valence-corrected chi connectivity index (χ2v) is 5.26. The van der Waals surface area contributed by atoms with E-state index in [0.717, 1.165) is 11.6 Å².